The molecule has 0 aliphatic heterocycles. The molecule has 2 aromatic carbocycles. The van der Waals surface area contributed by atoms with Crippen LogP contribution < -0.4 is 0 Å². The fraction of sp³-hybridized carbons (Fsp3) is 0.360. The van der Waals surface area contributed by atoms with E-state index in [1.165, 1.54) is 31.2 Å². The molecule has 3 rings (SSSR count). The van der Waals surface area contributed by atoms with Gasteiger partial charge in [-0.3, -0.25) is 0 Å². The molecule has 1 fully saturated rings. The average molecular weight is 418 g/mol. The highest BCUT2D eigenvalue weighted by Gasteiger charge is 2.46. The minimum absolute atomic E-state index is 0.0143. The second-order valence-electron chi connectivity index (χ2n) is 7.80. The van der Waals surface area contributed by atoms with Crippen LogP contribution in [-0.2, 0) is 6.42 Å². The van der Waals surface area contributed by atoms with Crippen molar-refractivity contribution in [1.82, 2.24) is 0 Å². The molecular formula is C25H23F5. The molecule has 2 atom stereocenters. The van der Waals surface area contributed by atoms with E-state index < -0.39 is 41.6 Å². The lowest BCUT2D eigenvalue weighted by Gasteiger charge is -2.34. The van der Waals surface area contributed by atoms with E-state index in [0.29, 0.717) is 19.3 Å². The quantitative estimate of drug-likeness (QED) is 0.282. The summed E-state index contributed by atoms with van der Waals surface area (Å²) in [4.78, 5) is 0. The van der Waals surface area contributed by atoms with Gasteiger partial charge >= 0.3 is 0 Å². The molecule has 2 unspecified atom stereocenters. The van der Waals surface area contributed by atoms with E-state index in [1.807, 2.05) is 0 Å². The molecule has 0 aromatic heterocycles. The van der Waals surface area contributed by atoms with Gasteiger partial charge in [-0.15, -0.1) is 6.58 Å². The van der Waals surface area contributed by atoms with Gasteiger partial charge in [0.2, 0.25) is 0 Å². The van der Waals surface area contributed by atoms with Crippen LogP contribution in [0.1, 0.15) is 53.9 Å². The van der Waals surface area contributed by atoms with Crippen LogP contribution in [0.4, 0.5) is 22.0 Å². The van der Waals surface area contributed by atoms with E-state index >= 15 is 0 Å². The third kappa shape index (κ3) is 4.75. The summed E-state index contributed by atoms with van der Waals surface area (Å²) in [5.74, 6) is -2.55. The maximum absolute atomic E-state index is 14.8. The van der Waals surface area contributed by atoms with Gasteiger partial charge in [-0.2, -0.15) is 0 Å². The molecule has 0 radical (unpaired) electrons. The van der Waals surface area contributed by atoms with Crippen molar-refractivity contribution in [1.29, 1.82) is 0 Å². The number of benzene rings is 2. The summed E-state index contributed by atoms with van der Waals surface area (Å²) in [7, 11) is 0. The number of halogens is 5. The smallest absolute Gasteiger partial charge is 0.207 e. The largest absolute Gasteiger partial charge is 0.256 e. The summed E-state index contributed by atoms with van der Waals surface area (Å²) in [6, 6.07) is 7.18. The van der Waals surface area contributed by atoms with Crippen molar-refractivity contribution >= 4 is 0 Å². The van der Waals surface area contributed by atoms with E-state index in [1.54, 1.807) is 12.1 Å². The summed E-state index contributed by atoms with van der Waals surface area (Å²) in [6.45, 7) is 5.05. The number of aryl methyl sites for hydroxylation is 2. The Kier molecular flexibility index (Phi) is 6.65. The van der Waals surface area contributed by atoms with Crippen LogP contribution >= 0.6 is 0 Å². The first-order valence-corrected chi connectivity index (χ1v) is 9.96. The molecule has 5 heteroatoms. The van der Waals surface area contributed by atoms with Gasteiger partial charge in [0.15, 0.2) is 11.6 Å². The topological polar surface area (TPSA) is 0 Å². The standard InChI is InChI=1S/C25H23F5/c1-3-4-5-17-8-12-20(22(26)14-17)21-13-9-18(15-25(21,29)30)7-11-19-10-6-16(2)23(27)24(19)28/h3,6,8,10,12,14,18,21H,1,4-5,9,13,15H2,2H3. The zero-order valence-corrected chi connectivity index (χ0v) is 16.8. The number of hydrogen-bond acceptors (Lipinski definition) is 0. The van der Waals surface area contributed by atoms with E-state index in [0.717, 1.165) is 5.56 Å². The van der Waals surface area contributed by atoms with Gasteiger partial charge in [0.1, 0.15) is 5.82 Å². The number of rotatable bonds is 4. The van der Waals surface area contributed by atoms with Crippen LogP contribution in [0.25, 0.3) is 0 Å². The molecule has 1 aliphatic rings. The fourth-order valence-electron chi connectivity index (χ4n) is 3.86. The third-order valence-corrected chi connectivity index (χ3v) is 5.60. The Balaban J connectivity index is 1.75. The van der Waals surface area contributed by atoms with Gasteiger partial charge in [-0.25, -0.2) is 22.0 Å². The summed E-state index contributed by atoms with van der Waals surface area (Å²) in [5, 5.41) is 0. The Labute approximate surface area is 173 Å². The van der Waals surface area contributed by atoms with E-state index in [4.69, 9.17) is 0 Å². The summed E-state index contributed by atoms with van der Waals surface area (Å²) in [5.41, 5.74) is 0.763. The first-order valence-electron chi connectivity index (χ1n) is 9.96. The molecule has 0 N–H and O–H groups in total. The van der Waals surface area contributed by atoms with Gasteiger partial charge in [0.25, 0.3) is 5.92 Å². The van der Waals surface area contributed by atoms with Crippen LogP contribution in [0, 0.1) is 42.1 Å². The Morgan fingerprint density at radius 3 is 2.53 bits per heavy atom. The Bertz CT molecular complexity index is 997. The molecule has 158 valence electrons. The maximum Gasteiger partial charge on any atom is 0.256 e. The first-order chi connectivity index (χ1) is 14.2. The van der Waals surface area contributed by atoms with Crippen molar-refractivity contribution in [3.8, 4) is 11.8 Å². The Hall–Kier alpha value is -2.61. The second kappa shape index (κ2) is 9.04. The normalized spacial score (nSPS) is 20.3. The van der Waals surface area contributed by atoms with E-state index in [2.05, 4.69) is 18.4 Å². The molecule has 0 nitrogen and oxygen atoms in total. The number of hydrogen-bond donors (Lipinski definition) is 0. The lowest BCUT2D eigenvalue weighted by atomic mass is 9.75. The predicted octanol–water partition coefficient (Wildman–Crippen LogP) is 7.10. The summed E-state index contributed by atoms with van der Waals surface area (Å²) < 4.78 is 71.8. The van der Waals surface area contributed by atoms with Gasteiger partial charge in [0.05, 0.1) is 11.5 Å². The Morgan fingerprint density at radius 1 is 1.10 bits per heavy atom. The highest BCUT2D eigenvalue weighted by atomic mass is 19.3. The average Bonchev–Trinajstić information content (AvgIpc) is 2.70. The minimum atomic E-state index is -3.14. The van der Waals surface area contributed by atoms with Crippen LogP contribution in [0.15, 0.2) is 43.0 Å². The van der Waals surface area contributed by atoms with Gasteiger partial charge < -0.3 is 0 Å². The molecule has 1 aliphatic carbocycles. The predicted molar refractivity (Wildman–Crippen MR) is 108 cm³/mol. The highest BCUT2D eigenvalue weighted by molar-refractivity contribution is 5.39. The molecular weight excluding hydrogens is 395 g/mol. The molecule has 0 spiro atoms. The van der Waals surface area contributed by atoms with E-state index in [9.17, 15) is 22.0 Å². The lowest BCUT2D eigenvalue weighted by Crippen LogP contribution is -2.34. The number of alkyl halides is 2. The second-order valence-corrected chi connectivity index (χ2v) is 7.80. The zero-order valence-electron chi connectivity index (χ0n) is 16.8. The fourth-order valence-corrected chi connectivity index (χ4v) is 3.86. The number of allylic oxidation sites excluding steroid dienone is 1. The van der Waals surface area contributed by atoms with Gasteiger partial charge in [-0.1, -0.05) is 36.1 Å². The molecule has 30 heavy (non-hydrogen) atoms. The van der Waals surface area contributed by atoms with Gasteiger partial charge in [-0.05, 0) is 61.4 Å². The van der Waals surface area contributed by atoms with Crippen LogP contribution in [0.5, 0.6) is 0 Å². The van der Waals surface area contributed by atoms with Crippen molar-refractivity contribution in [2.45, 2.75) is 50.9 Å². The van der Waals surface area contributed by atoms with Crippen LogP contribution in [-0.4, -0.2) is 5.92 Å². The SMILES string of the molecule is C=CCCc1ccc(C2CCC(C#Cc3ccc(C)c(F)c3F)CC2(F)F)c(F)c1. The van der Waals surface area contributed by atoms with Gasteiger partial charge in [0, 0.05) is 12.3 Å². The molecule has 2 aromatic rings. The van der Waals surface area contributed by atoms with Crippen molar-refractivity contribution in [2.75, 3.05) is 0 Å². The van der Waals surface area contributed by atoms with Crippen molar-refractivity contribution in [2.24, 2.45) is 5.92 Å². The molecule has 0 heterocycles. The van der Waals surface area contributed by atoms with Crippen LogP contribution in [0.3, 0.4) is 0 Å². The third-order valence-electron chi connectivity index (χ3n) is 5.60. The maximum atomic E-state index is 14.8. The molecule has 0 saturated heterocycles. The first kappa shape index (κ1) is 22.1. The van der Waals surface area contributed by atoms with Crippen molar-refractivity contribution < 1.29 is 22.0 Å². The van der Waals surface area contributed by atoms with E-state index in [-0.39, 0.29) is 23.1 Å². The van der Waals surface area contributed by atoms with Crippen molar-refractivity contribution in [3.05, 3.63) is 82.7 Å². The molecule has 0 bridgehead atoms. The minimum Gasteiger partial charge on any atom is -0.207 e. The lowest BCUT2D eigenvalue weighted by molar-refractivity contribution is -0.0655. The molecule has 0 amide bonds. The monoisotopic (exact) mass is 418 g/mol. The van der Waals surface area contributed by atoms with Crippen LogP contribution in [0.2, 0.25) is 0 Å². The zero-order chi connectivity index (χ0) is 21.9. The molecule has 1 saturated carbocycles. The van der Waals surface area contributed by atoms with Crippen molar-refractivity contribution in [3.63, 3.8) is 0 Å². The summed E-state index contributed by atoms with van der Waals surface area (Å²) in [6.07, 6.45) is 2.87. The summed E-state index contributed by atoms with van der Waals surface area (Å²) >= 11 is 0. The highest BCUT2D eigenvalue weighted by Crippen LogP contribution is 2.47. The Morgan fingerprint density at radius 2 is 1.87 bits per heavy atom.